The summed E-state index contributed by atoms with van der Waals surface area (Å²) >= 11 is 9.26. The summed E-state index contributed by atoms with van der Waals surface area (Å²) in [5.74, 6) is 1.02. The summed E-state index contributed by atoms with van der Waals surface area (Å²) in [5.41, 5.74) is 16.3. The molecule has 2 atom stereocenters. The molecule has 3 aromatic heterocycles. The van der Waals surface area contributed by atoms with Gasteiger partial charge in [-0.1, -0.05) is 17.7 Å². The van der Waals surface area contributed by atoms with E-state index in [1.165, 1.54) is 16.6 Å². The van der Waals surface area contributed by atoms with Crippen LogP contribution in [0.25, 0.3) is 10.9 Å². The fourth-order valence-corrected chi connectivity index (χ4v) is 7.58. The minimum atomic E-state index is -0.239. The molecule has 4 aromatic rings. The molecule has 0 amide bonds. The van der Waals surface area contributed by atoms with Gasteiger partial charge in [-0.05, 0) is 55.5 Å². The topological polar surface area (TPSA) is 138 Å². The molecule has 6 rings (SSSR count). The van der Waals surface area contributed by atoms with Crippen LogP contribution in [0.3, 0.4) is 0 Å². The largest absolute Gasteiger partial charge is 0.381 e. The Morgan fingerprint density at radius 2 is 2.08 bits per heavy atom. The lowest BCUT2D eigenvalue weighted by molar-refractivity contribution is 0.0995. The highest BCUT2D eigenvalue weighted by Gasteiger charge is 2.47. The molecule has 1 aromatic carbocycles. The van der Waals surface area contributed by atoms with E-state index in [2.05, 4.69) is 19.9 Å². The average Bonchev–Trinajstić information content (AvgIpc) is 3.48. The number of halogens is 1. The Bertz CT molecular complexity index is 1600. The number of fused-ring (bicyclic) bond motifs is 2. The number of hydrogen-bond donors (Lipinski definition) is 2. The van der Waals surface area contributed by atoms with E-state index in [1.807, 2.05) is 12.4 Å². The van der Waals surface area contributed by atoms with Crippen LogP contribution in [0.5, 0.6) is 0 Å². The average molecular weight is 585 g/mol. The normalized spacial score (nSPS) is 19.1. The number of anilines is 2. The molecule has 204 valence electrons. The van der Waals surface area contributed by atoms with E-state index in [-0.39, 0.29) is 28.9 Å². The number of piperidine rings is 1. The number of hydrogen-bond acceptors (Lipinski definition) is 11. The summed E-state index contributed by atoms with van der Waals surface area (Å²) in [5, 5.41) is 1.66. The van der Waals surface area contributed by atoms with Gasteiger partial charge in [-0.15, -0.1) is 11.3 Å². The summed E-state index contributed by atoms with van der Waals surface area (Å²) in [4.78, 5) is 35.5. The molecule has 0 saturated carbocycles. The molecular weight excluding hydrogens is 556 g/mol. The van der Waals surface area contributed by atoms with E-state index in [9.17, 15) is 4.79 Å². The van der Waals surface area contributed by atoms with E-state index in [0.29, 0.717) is 32.7 Å². The fourth-order valence-electron chi connectivity index (χ4n) is 5.53. The van der Waals surface area contributed by atoms with E-state index in [4.69, 9.17) is 32.8 Å². The molecule has 1 saturated heterocycles. The van der Waals surface area contributed by atoms with Crippen molar-refractivity contribution in [2.24, 2.45) is 11.1 Å². The number of nitrogen functional groups attached to an aromatic ring is 1. The van der Waals surface area contributed by atoms with Gasteiger partial charge in [0.1, 0.15) is 10.8 Å². The van der Waals surface area contributed by atoms with Gasteiger partial charge in [0, 0.05) is 25.1 Å². The van der Waals surface area contributed by atoms with E-state index in [1.54, 1.807) is 47.4 Å². The second kappa shape index (κ2) is 10.3. The molecule has 1 aliphatic carbocycles. The van der Waals surface area contributed by atoms with Gasteiger partial charge in [0.05, 0.1) is 52.0 Å². The summed E-state index contributed by atoms with van der Waals surface area (Å²) < 4.78 is 6.98. The molecule has 4 N–H and O–H groups in total. The molecule has 2 aliphatic rings. The third-order valence-corrected chi connectivity index (χ3v) is 10.1. The molecular formula is C26H29ClN8O2S2. The van der Waals surface area contributed by atoms with Crippen molar-refractivity contribution < 1.29 is 4.74 Å². The van der Waals surface area contributed by atoms with Gasteiger partial charge < -0.3 is 21.1 Å². The third kappa shape index (κ3) is 4.67. The van der Waals surface area contributed by atoms with Crippen molar-refractivity contribution in [3.8, 4) is 0 Å². The van der Waals surface area contributed by atoms with Gasteiger partial charge >= 0.3 is 0 Å². The van der Waals surface area contributed by atoms with Crippen molar-refractivity contribution in [2.45, 2.75) is 55.1 Å². The number of ether oxygens (including phenoxy) is 1. The molecule has 10 nitrogen and oxygen atoms in total. The summed E-state index contributed by atoms with van der Waals surface area (Å²) in [6.07, 6.45) is 4.44. The molecule has 39 heavy (non-hydrogen) atoms. The SMILES string of the molecule is COC(C)Cn1c(Sc2ncc(N3CCC4(CC3)Cc3scnc3[C@H]4N)nc2N)nc2cccc(Cl)c2c1=O. The molecule has 1 aliphatic heterocycles. The summed E-state index contributed by atoms with van der Waals surface area (Å²) in [7, 11) is 1.60. The number of methoxy groups -OCH3 is 1. The van der Waals surface area contributed by atoms with Crippen molar-refractivity contribution in [1.29, 1.82) is 0 Å². The van der Waals surface area contributed by atoms with Crippen LogP contribution in [0.4, 0.5) is 11.6 Å². The van der Waals surface area contributed by atoms with Gasteiger partial charge in [0.25, 0.3) is 5.56 Å². The lowest BCUT2D eigenvalue weighted by atomic mass is 9.73. The first-order chi connectivity index (χ1) is 18.8. The number of rotatable bonds is 6. The first-order valence-corrected chi connectivity index (χ1v) is 14.8. The summed E-state index contributed by atoms with van der Waals surface area (Å²) in [6, 6.07) is 5.21. The molecule has 1 spiro atoms. The molecule has 0 bridgehead atoms. The monoisotopic (exact) mass is 584 g/mol. The quantitative estimate of drug-likeness (QED) is 0.321. The number of aromatic nitrogens is 5. The van der Waals surface area contributed by atoms with E-state index < -0.39 is 0 Å². The van der Waals surface area contributed by atoms with Gasteiger partial charge in [-0.3, -0.25) is 9.36 Å². The number of benzene rings is 1. The minimum absolute atomic E-state index is 0.0152. The van der Waals surface area contributed by atoms with Crippen molar-refractivity contribution in [3.05, 3.63) is 55.9 Å². The van der Waals surface area contributed by atoms with Crippen LogP contribution in [0, 0.1) is 5.41 Å². The van der Waals surface area contributed by atoms with Crippen molar-refractivity contribution in [1.82, 2.24) is 24.5 Å². The third-order valence-electron chi connectivity index (χ3n) is 7.90. The smallest absolute Gasteiger partial charge is 0.263 e. The highest BCUT2D eigenvalue weighted by molar-refractivity contribution is 7.99. The molecule has 13 heteroatoms. The lowest BCUT2D eigenvalue weighted by Gasteiger charge is -2.42. The Hall–Kier alpha value is -2.77. The first-order valence-electron chi connectivity index (χ1n) is 12.7. The Kier molecular flexibility index (Phi) is 7.00. The Balaban J connectivity index is 1.24. The maximum absolute atomic E-state index is 13.4. The Labute approximate surface area is 238 Å². The van der Waals surface area contributed by atoms with Gasteiger partial charge in [-0.2, -0.15) is 0 Å². The first kappa shape index (κ1) is 26.5. The highest BCUT2D eigenvalue weighted by Crippen LogP contribution is 2.51. The van der Waals surface area contributed by atoms with Gasteiger partial charge in [0.15, 0.2) is 11.0 Å². The lowest BCUT2D eigenvalue weighted by Crippen LogP contribution is -2.44. The fraction of sp³-hybridized carbons (Fsp3) is 0.423. The van der Waals surface area contributed by atoms with Gasteiger partial charge in [0.2, 0.25) is 0 Å². The van der Waals surface area contributed by atoms with Crippen LogP contribution in [-0.2, 0) is 17.7 Å². The number of nitrogens with zero attached hydrogens (tertiary/aromatic N) is 6. The van der Waals surface area contributed by atoms with Crippen LogP contribution in [0.1, 0.15) is 36.4 Å². The Morgan fingerprint density at radius 1 is 1.28 bits per heavy atom. The van der Waals surface area contributed by atoms with Crippen molar-refractivity contribution in [3.63, 3.8) is 0 Å². The zero-order valence-corrected chi connectivity index (χ0v) is 24.0. The number of thiazole rings is 1. The zero-order valence-electron chi connectivity index (χ0n) is 21.6. The molecule has 0 radical (unpaired) electrons. The Morgan fingerprint density at radius 3 is 2.79 bits per heavy atom. The van der Waals surface area contributed by atoms with E-state index in [0.717, 1.165) is 43.9 Å². The zero-order chi connectivity index (χ0) is 27.3. The second-order valence-corrected chi connectivity index (χ2v) is 12.5. The second-order valence-electron chi connectivity index (χ2n) is 10.2. The summed E-state index contributed by atoms with van der Waals surface area (Å²) in [6.45, 7) is 3.84. The predicted octanol–water partition coefficient (Wildman–Crippen LogP) is 3.91. The maximum atomic E-state index is 13.4. The standard InChI is InChI=1S/C26H29ClN8O2S2/c1-14(37-2)12-35-24(36)19-15(27)4-3-5-16(19)32-25(35)39-23-22(29)33-18(11-30-23)34-8-6-26(7-9-34)10-17-20(21(26)28)31-13-38-17/h3-5,11,13-14,21H,6-10,12,28H2,1-2H3,(H2,29,33)/t14?,21-/m1/s1. The minimum Gasteiger partial charge on any atom is -0.381 e. The molecule has 4 heterocycles. The van der Waals surface area contributed by atoms with Gasteiger partial charge in [-0.25, -0.2) is 19.9 Å². The van der Waals surface area contributed by atoms with Crippen LogP contribution in [0.15, 0.2) is 44.9 Å². The van der Waals surface area contributed by atoms with E-state index >= 15 is 0 Å². The van der Waals surface area contributed by atoms with Crippen molar-refractivity contribution >= 4 is 57.2 Å². The van der Waals surface area contributed by atoms with Crippen LogP contribution >= 0.6 is 34.7 Å². The van der Waals surface area contributed by atoms with Crippen molar-refractivity contribution in [2.75, 3.05) is 30.8 Å². The van der Waals surface area contributed by atoms with Crippen LogP contribution < -0.4 is 21.9 Å². The van der Waals surface area contributed by atoms with Crippen LogP contribution in [-0.4, -0.2) is 50.8 Å². The predicted molar refractivity (Wildman–Crippen MR) is 155 cm³/mol. The van der Waals surface area contributed by atoms with Crippen LogP contribution in [0.2, 0.25) is 5.02 Å². The molecule has 1 unspecified atom stereocenters. The number of nitrogens with two attached hydrogens (primary N) is 2. The molecule has 1 fully saturated rings. The highest BCUT2D eigenvalue weighted by atomic mass is 35.5. The maximum Gasteiger partial charge on any atom is 0.263 e.